The summed E-state index contributed by atoms with van der Waals surface area (Å²) in [4.78, 5) is 11.5. The van der Waals surface area contributed by atoms with Gasteiger partial charge in [0.1, 0.15) is 0 Å². The second-order valence-electron chi connectivity index (χ2n) is 2.73. The Morgan fingerprint density at radius 1 is 1.58 bits per heavy atom. The fourth-order valence-electron chi connectivity index (χ4n) is 1.21. The Bertz CT molecular complexity index is 483. The molecule has 2 rings (SSSR count). The zero-order chi connectivity index (χ0) is 8.72. The number of nitrogens with zero attached hydrogens (tertiary/aromatic N) is 2. The molecular weight excluding hydrogens is 219 g/mol. The number of aryl methyl sites for hydroxylation is 2. The van der Waals surface area contributed by atoms with Crippen LogP contribution in [0.5, 0.6) is 0 Å². The van der Waals surface area contributed by atoms with Crippen molar-refractivity contribution in [2.45, 2.75) is 0 Å². The second kappa shape index (κ2) is 2.57. The summed E-state index contributed by atoms with van der Waals surface area (Å²) < 4.78 is 4.98. The van der Waals surface area contributed by atoms with Crippen LogP contribution >= 0.6 is 0 Å². The van der Waals surface area contributed by atoms with E-state index in [-0.39, 0.29) is 20.3 Å². The number of rotatable bonds is 0. The molecule has 4 heteroatoms. The molecular formula is C8H9N2OSe+. The van der Waals surface area contributed by atoms with Crippen LogP contribution in [0.3, 0.4) is 0 Å². The molecule has 2 aromatic heterocycles. The molecule has 0 aromatic carbocycles. The SMILES string of the molecule is Cn1[se]c2c(ccc[n+]2C)c1=O. The summed E-state index contributed by atoms with van der Waals surface area (Å²) in [5.41, 5.74) is 0.154. The molecule has 0 aliphatic rings. The minimum absolute atomic E-state index is 0.154. The van der Waals surface area contributed by atoms with E-state index in [2.05, 4.69) is 0 Å². The maximum atomic E-state index is 11.5. The van der Waals surface area contributed by atoms with E-state index in [0.29, 0.717) is 0 Å². The molecule has 2 aromatic rings. The summed E-state index contributed by atoms with van der Waals surface area (Å²) in [6.07, 6.45) is 1.98. The van der Waals surface area contributed by atoms with Gasteiger partial charge in [-0.25, -0.2) is 0 Å². The molecule has 2 heterocycles. The summed E-state index contributed by atoms with van der Waals surface area (Å²) in [6.45, 7) is 0. The molecule has 0 amide bonds. The van der Waals surface area contributed by atoms with Gasteiger partial charge in [-0.1, -0.05) is 0 Å². The van der Waals surface area contributed by atoms with Crippen LogP contribution in [-0.2, 0) is 14.1 Å². The van der Waals surface area contributed by atoms with Crippen molar-refractivity contribution in [1.29, 1.82) is 0 Å². The molecule has 0 spiro atoms. The van der Waals surface area contributed by atoms with Gasteiger partial charge in [0.2, 0.25) is 0 Å². The molecule has 0 saturated carbocycles. The fraction of sp³-hybridized carbons (Fsp3) is 0.250. The Hall–Kier alpha value is -0.861. The summed E-state index contributed by atoms with van der Waals surface area (Å²) in [5.74, 6) is 0. The van der Waals surface area contributed by atoms with Crippen LogP contribution in [0.2, 0.25) is 0 Å². The number of pyridine rings is 1. The van der Waals surface area contributed by atoms with Crippen LogP contribution in [0.15, 0.2) is 23.1 Å². The van der Waals surface area contributed by atoms with E-state index in [4.69, 9.17) is 0 Å². The van der Waals surface area contributed by atoms with Crippen LogP contribution in [-0.4, -0.2) is 18.3 Å². The molecule has 0 saturated heterocycles. The molecule has 0 bridgehead atoms. The van der Waals surface area contributed by atoms with E-state index >= 15 is 0 Å². The second-order valence-corrected chi connectivity index (χ2v) is 5.08. The first-order chi connectivity index (χ1) is 5.70. The number of hydrogen-bond acceptors (Lipinski definition) is 1. The zero-order valence-electron chi connectivity index (χ0n) is 6.94. The van der Waals surface area contributed by atoms with Crippen molar-refractivity contribution in [1.82, 2.24) is 3.56 Å². The van der Waals surface area contributed by atoms with Crippen molar-refractivity contribution in [3.05, 3.63) is 28.7 Å². The molecule has 0 radical (unpaired) electrons. The normalized spacial score (nSPS) is 10.8. The van der Waals surface area contributed by atoms with Gasteiger partial charge < -0.3 is 0 Å². The predicted octanol–water partition coefficient (Wildman–Crippen LogP) is -0.580. The molecule has 0 aliphatic carbocycles. The third-order valence-electron chi connectivity index (χ3n) is 1.86. The molecule has 0 aliphatic heterocycles. The van der Waals surface area contributed by atoms with E-state index in [0.717, 1.165) is 9.78 Å². The first-order valence-electron chi connectivity index (χ1n) is 3.65. The molecule has 62 valence electrons. The monoisotopic (exact) mass is 229 g/mol. The minimum atomic E-state index is 0.154. The first-order valence-corrected chi connectivity index (χ1v) is 5.27. The van der Waals surface area contributed by atoms with Crippen LogP contribution in [0, 0.1) is 0 Å². The van der Waals surface area contributed by atoms with Gasteiger partial charge in [-0.2, -0.15) is 0 Å². The van der Waals surface area contributed by atoms with Crippen LogP contribution in [0.4, 0.5) is 0 Å². The third-order valence-corrected chi connectivity index (χ3v) is 4.21. The Kier molecular flexibility index (Phi) is 1.67. The van der Waals surface area contributed by atoms with Gasteiger partial charge >= 0.3 is 75.4 Å². The summed E-state index contributed by atoms with van der Waals surface area (Å²) in [6, 6.07) is 3.80. The van der Waals surface area contributed by atoms with E-state index in [9.17, 15) is 4.79 Å². The average molecular weight is 228 g/mol. The predicted molar refractivity (Wildman–Crippen MR) is 47.3 cm³/mol. The first kappa shape index (κ1) is 7.77. The zero-order valence-corrected chi connectivity index (χ0v) is 8.66. The van der Waals surface area contributed by atoms with Crippen LogP contribution in [0.1, 0.15) is 0 Å². The number of fused-ring (bicyclic) bond motifs is 1. The Balaban J connectivity index is 3.05. The van der Waals surface area contributed by atoms with Crippen molar-refractivity contribution in [2.75, 3.05) is 0 Å². The maximum absolute atomic E-state index is 11.5. The third kappa shape index (κ3) is 0.958. The van der Waals surface area contributed by atoms with Gasteiger partial charge in [0.25, 0.3) is 0 Å². The Labute approximate surface area is 75.8 Å². The van der Waals surface area contributed by atoms with Crippen molar-refractivity contribution >= 4 is 24.5 Å². The quantitative estimate of drug-likeness (QED) is 0.437. The topological polar surface area (TPSA) is 25.9 Å². The van der Waals surface area contributed by atoms with Gasteiger partial charge in [-0.3, -0.25) is 0 Å². The molecule has 0 N–H and O–H groups in total. The van der Waals surface area contributed by atoms with E-state index in [1.165, 1.54) is 0 Å². The van der Waals surface area contributed by atoms with Crippen molar-refractivity contribution < 1.29 is 4.57 Å². The fourth-order valence-corrected chi connectivity index (χ4v) is 3.07. The van der Waals surface area contributed by atoms with Gasteiger partial charge in [-0.05, 0) is 0 Å². The summed E-state index contributed by atoms with van der Waals surface area (Å²) in [7, 11) is 3.83. The van der Waals surface area contributed by atoms with Crippen molar-refractivity contribution in [2.24, 2.45) is 14.1 Å². The standard InChI is InChI=1S/C8H9N2OSe/c1-9-5-3-4-6-7(11)10(2)12-8(6)9/h3-5H,1-2H3/q+1. The Morgan fingerprint density at radius 2 is 2.33 bits per heavy atom. The summed E-state index contributed by atoms with van der Waals surface area (Å²) in [5, 5.41) is 0.863. The van der Waals surface area contributed by atoms with E-state index < -0.39 is 0 Å². The number of aromatic nitrogens is 2. The summed E-state index contributed by atoms with van der Waals surface area (Å²) >= 11 is 0.169. The van der Waals surface area contributed by atoms with E-state index in [1.54, 1.807) is 3.56 Å². The average Bonchev–Trinajstić information content (AvgIpc) is 2.32. The van der Waals surface area contributed by atoms with Crippen LogP contribution < -0.4 is 10.1 Å². The number of hydrogen-bond donors (Lipinski definition) is 0. The van der Waals surface area contributed by atoms with Gasteiger partial charge in [0.05, 0.1) is 0 Å². The van der Waals surface area contributed by atoms with Gasteiger partial charge in [0.15, 0.2) is 0 Å². The molecule has 0 unspecified atom stereocenters. The molecule has 0 fully saturated rings. The molecule has 0 atom stereocenters. The van der Waals surface area contributed by atoms with Gasteiger partial charge in [0, 0.05) is 0 Å². The molecule has 12 heavy (non-hydrogen) atoms. The van der Waals surface area contributed by atoms with E-state index in [1.807, 2.05) is 37.0 Å². The Morgan fingerprint density at radius 3 is 3.00 bits per heavy atom. The molecule has 3 nitrogen and oxygen atoms in total. The van der Waals surface area contributed by atoms with Crippen molar-refractivity contribution in [3.63, 3.8) is 0 Å². The van der Waals surface area contributed by atoms with Crippen molar-refractivity contribution in [3.8, 4) is 0 Å². The van der Waals surface area contributed by atoms with Gasteiger partial charge in [-0.15, -0.1) is 0 Å². The van der Waals surface area contributed by atoms with Crippen LogP contribution in [0.25, 0.3) is 9.78 Å².